The Bertz CT molecular complexity index is 249. The number of nitrogens with zero attached hydrogens (tertiary/aromatic N) is 1. The van der Waals surface area contributed by atoms with Crippen molar-refractivity contribution in [1.82, 2.24) is 10.2 Å². The third-order valence-corrected chi connectivity index (χ3v) is 1.97. The van der Waals surface area contributed by atoms with Crippen LogP contribution in [-0.4, -0.2) is 42.6 Å². The molecule has 1 aliphatic carbocycles. The van der Waals surface area contributed by atoms with Crippen molar-refractivity contribution in [2.24, 2.45) is 0 Å². The van der Waals surface area contributed by atoms with E-state index in [0.717, 1.165) is 12.8 Å². The van der Waals surface area contributed by atoms with E-state index in [2.05, 4.69) is 5.32 Å². The number of hydrogen-bond acceptors (Lipinski definition) is 3. The summed E-state index contributed by atoms with van der Waals surface area (Å²) in [6.07, 6.45) is 1.47. The van der Waals surface area contributed by atoms with Gasteiger partial charge in [-0.3, -0.25) is 4.79 Å². The lowest BCUT2D eigenvalue weighted by atomic mass is 10.5. The van der Waals surface area contributed by atoms with E-state index in [4.69, 9.17) is 4.74 Å². The molecule has 15 heavy (non-hydrogen) atoms. The van der Waals surface area contributed by atoms with E-state index in [1.54, 1.807) is 20.9 Å². The van der Waals surface area contributed by atoms with Gasteiger partial charge in [0, 0.05) is 13.1 Å². The molecule has 0 saturated heterocycles. The monoisotopic (exact) mass is 214 g/mol. The highest BCUT2D eigenvalue weighted by molar-refractivity contribution is 5.82. The Labute approximate surface area is 89.8 Å². The highest BCUT2D eigenvalue weighted by atomic mass is 16.6. The number of nitrogens with one attached hydrogen (secondary N) is 1. The van der Waals surface area contributed by atoms with Crippen molar-refractivity contribution >= 4 is 12.0 Å². The Kier molecular flexibility index (Phi) is 3.94. The lowest BCUT2D eigenvalue weighted by molar-refractivity contribution is -0.121. The van der Waals surface area contributed by atoms with Gasteiger partial charge in [-0.15, -0.1) is 0 Å². The molecule has 86 valence electrons. The van der Waals surface area contributed by atoms with Gasteiger partial charge in [-0.1, -0.05) is 0 Å². The van der Waals surface area contributed by atoms with Crippen LogP contribution >= 0.6 is 0 Å². The zero-order valence-corrected chi connectivity index (χ0v) is 9.45. The highest BCUT2D eigenvalue weighted by Crippen LogP contribution is 2.18. The molecule has 0 aromatic heterocycles. The van der Waals surface area contributed by atoms with E-state index in [-0.39, 0.29) is 18.6 Å². The number of carbonyl (C=O) groups excluding carboxylic acids is 2. The van der Waals surface area contributed by atoms with E-state index >= 15 is 0 Å². The summed E-state index contributed by atoms with van der Waals surface area (Å²) in [7, 11) is 1.55. The SMILES string of the molecule is CC(C)OC(=O)N(C)CC(=O)NC1CC1. The van der Waals surface area contributed by atoms with E-state index < -0.39 is 6.09 Å². The van der Waals surface area contributed by atoms with Crippen LogP contribution in [0.2, 0.25) is 0 Å². The normalized spacial score (nSPS) is 14.9. The summed E-state index contributed by atoms with van der Waals surface area (Å²) in [5, 5.41) is 2.80. The number of rotatable bonds is 4. The molecule has 1 saturated carbocycles. The minimum Gasteiger partial charge on any atom is -0.447 e. The maximum absolute atomic E-state index is 11.3. The zero-order chi connectivity index (χ0) is 11.4. The minimum atomic E-state index is -0.462. The molecule has 0 spiro atoms. The van der Waals surface area contributed by atoms with Crippen molar-refractivity contribution < 1.29 is 14.3 Å². The zero-order valence-electron chi connectivity index (χ0n) is 9.45. The van der Waals surface area contributed by atoms with Crippen LogP contribution in [0, 0.1) is 0 Å². The fourth-order valence-electron chi connectivity index (χ4n) is 1.07. The quantitative estimate of drug-likeness (QED) is 0.751. The minimum absolute atomic E-state index is 0.0576. The molecule has 5 heteroatoms. The Morgan fingerprint density at radius 3 is 2.53 bits per heavy atom. The van der Waals surface area contributed by atoms with Crippen LogP contribution in [0.15, 0.2) is 0 Å². The number of amides is 2. The molecule has 1 N–H and O–H groups in total. The molecule has 0 aromatic carbocycles. The molecule has 0 aromatic rings. The van der Waals surface area contributed by atoms with Crippen molar-refractivity contribution in [2.75, 3.05) is 13.6 Å². The van der Waals surface area contributed by atoms with Crippen LogP contribution in [0.4, 0.5) is 4.79 Å². The van der Waals surface area contributed by atoms with Gasteiger partial charge >= 0.3 is 6.09 Å². The van der Waals surface area contributed by atoms with Crippen LogP contribution in [0.25, 0.3) is 0 Å². The van der Waals surface area contributed by atoms with Crippen LogP contribution in [0.3, 0.4) is 0 Å². The molecule has 0 unspecified atom stereocenters. The van der Waals surface area contributed by atoms with Crippen LogP contribution in [0.1, 0.15) is 26.7 Å². The Hall–Kier alpha value is -1.26. The first kappa shape index (κ1) is 11.8. The van der Waals surface area contributed by atoms with Gasteiger partial charge in [0.05, 0.1) is 6.10 Å². The molecular formula is C10H18N2O3. The summed E-state index contributed by atoms with van der Waals surface area (Å²) >= 11 is 0. The summed E-state index contributed by atoms with van der Waals surface area (Å²) in [5.74, 6) is -0.124. The van der Waals surface area contributed by atoms with Crippen molar-refractivity contribution in [1.29, 1.82) is 0 Å². The first-order chi connectivity index (χ1) is 6.99. The molecule has 1 aliphatic rings. The number of hydrogen-bond donors (Lipinski definition) is 1. The molecular weight excluding hydrogens is 196 g/mol. The number of ether oxygens (including phenoxy) is 1. The number of carbonyl (C=O) groups is 2. The van der Waals surface area contributed by atoms with Crippen LogP contribution < -0.4 is 5.32 Å². The van der Waals surface area contributed by atoms with Crippen LogP contribution in [0.5, 0.6) is 0 Å². The average Bonchev–Trinajstić information content (AvgIpc) is 2.86. The maximum Gasteiger partial charge on any atom is 0.410 e. The van der Waals surface area contributed by atoms with E-state index in [1.165, 1.54) is 4.90 Å². The summed E-state index contributed by atoms with van der Waals surface area (Å²) < 4.78 is 4.94. The van der Waals surface area contributed by atoms with E-state index in [0.29, 0.717) is 6.04 Å². The first-order valence-corrected chi connectivity index (χ1v) is 5.20. The standard InChI is InChI=1S/C10H18N2O3/c1-7(2)15-10(14)12(3)6-9(13)11-8-4-5-8/h7-8H,4-6H2,1-3H3,(H,11,13). The van der Waals surface area contributed by atoms with Gasteiger partial charge < -0.3 is 15.0 Å². The topological polar surface area (TPSA) is 58.6 Å². The van der Waals surface area contributed by atoms with Gasteiger partial charge in [-0.05, 0) is 26.7 Å². The van der Waals surface area contributed by atoms with Crippen molar-refractivity contribution in [3.05, 3.63) is 0 Å². The molecule has 0 atom stereocenters. The summed E-state index contributed by atoms with van der Waals surface area (Å²) in [6.45, 7) is 3.61. The van der Waals surface area contributed by atoms with Crippen molar-refractivity contribution in [3.63, 3.8) is 0 Å². The van der Waals surface area contributed by atoms with E-state index in [1.807, 2.05) is 0 Å². The third-order valence-electron chi connectivity index (χ3n) is 1.97. The molecule has 1 fully saturated rings. The molecule has 0 bridgehead atoms. The summed E-state index contributed by atoms with van der Waals surface area (Å²) in [4.78, 5) is 23.9. The lowest BCUT2D eigenvalue weighted by Crippen LogP contribution is -2.40. The predicted molar refractivity (Wildman–Crippen MR) is 55.4 cm³/mol. The third kappa shape index (κ3) is 4.67. The predicted octanol–water partition coefficient (Wildman–Crippen LogP) is 0.742. The van der Waals surface area contributed by atoms with Gasteiger partial charge in [0.2, 0.25) is 5.91 Å². The molecule has 0 aliphatic heterocycles. The molecule has 5 nitrogen and oxygen atoms in total. The summed E-state index contributed by atoms with van der Waals surface area (Å²) in [6, 6.07) is 0.326. The number of likely N-dealkylation sites (N-methyl/N-ethyl adjacent to an activating group) is 1. The van der Waals surface area contributed by atoms with Crippen molar-refractivity contribution in [2.45, 2.75) is 38.8 Å². The van der Waals surface area contributed by atoms with Crippen LogP contribution in [-0.2, 0) is 9.53 Å². The molecule has 0 heterocycles. The van der Waals surface area contributed by atoms with Gasteiger partial charge in [0.15, 0.2) is 0 Å². The highest BCUT2D eigenvalue weighted by Gasteiger charge is 2.24. The average molecular weight is 214 g/mol. The van der Waals surface area contributed by atoms with Gasteiger partial charge in [0.25, 0.3) is 0 Å². The second kappa shape index (κ2) is 5.00. The molecule has 1 rings (SSSR count). The Morgan fingerprint density at radius 1 is 1.47 bits per heavy atom. The molecule has 2 amide bonds. The fraction of sp³-hybridized carbons (Fsp3) is 0.800. The lowest BCUT2D eigenvalue weighted by Gasteiger charge is -2.18. The van der Waals surface area contributed by atoms with Gasteiger partial charge in [-0.2, -0.15) is 0 Å². The van der Waals surface area contributed by atoms with E-state index in [9.17, 15) is 9.59 Å². The van der Waals surface area contributed by atoms with Gasteiger partial charge in [-0.25, -0.2) is 4.79 Å². The molecule has 0 radical (unpaired) electrons. The Balaban J connectivity index is 2.23. The second-order valence-corrected chi connectivity index (χ2v) is 4.13. The summed E-state index contributed by atoms with van der Waals surface area (Å²) in [5.41, 5.74) is 0. The second-order valence-electron chi connectivity index (χ2n) is 4.13. The van der Waals surface area contributed by atoms with Crippen molar-refractivity contribution in [3.8, 4) is 0 Å². The smallest absolute Gasteiger partial charge is 0.410 e. The first-order valence-electron chi connectivity index (χ1n) is 5.20. The largest absolute Gasteiger partial charge is 0.447 e. The maximum atomic E-state index is 11.3. The fourth-order valence-corrected chi connectivity index (χ4v) is 1.07. The van der Waals surface area contributed by atoms with Gasteiger partial charge in [0.1, 0.15) is 6.54 Å². The Morgan fingerprint density at radius 2 is 2.07 bits per heavy atom.